The van der Waals surface area contributed by atoms with Gasteiger partial charge in [0.1, 0.15) is 5.82 Å². The minimum atomic E-state index is -0.585. The minimum Gasteiger partial charge on any atom is -0.387 e. The summed E-state index contributed by atoms with van der Waals surface area (Å²) in [6, 6.07) is 5.99. The van der Waals surface area contributed by atoms with Gasteiger partial charge in [-0.2, -0.15) is 0 Å². The molecular formula is C11H15FN2O. The van der Waals surface area contributed by atoms with Crippen LogP contribution in [0.3, 0.4) is 0 Å². The molecule has 1 aromatic rings. The second-order valence-corrected chi connectivity index (χ2v) is 3.76. The van der Waals surface area contributed by atoms with Gasteiger partial charge in [-0.15, -0.1) is 0 Å². The van der Waals surface area contributed by atoms with Crippen LogP contribution in [0, 0.1) is 5.82 Å². The summed E-state index contributed by atoms with van der Waals surface area (Å²) in [6.45, 7) is 2.51. The van der Waals surface area contributed by atoms with E-state index in [1.54, 1.807) is 12.1 Å². The molecule has 0 unspecified atom stereocenters. The van der Waals surface area contributed by atoms with Crippen LogP contribution < -0.4 is 10.6 Å². The molecule has 0 radical (unpaired) electrons. The summed E-state index contributed by atoms with van der Waals surface area (Å²) in [5.41, 5.74) is 0.748. The molecule has 1 aliphatic heterocycles. The van der Waals surface area contributed by atoms with Gasteiger partial charge in [0.2, 0.25) is 0 Å². The zero-order valence-electron chi connectivity index (χ0n) is 8.41. The molecule has 1 aliphatic rings. The third kappa shape index (κ3) is 2.53. The van der Waals surface area contributed by atoms with Crippen LogP contribution in [0.25, 0.3) is 0 Å². The molecule has 0 aromatic heterocycles. The molecule has 0 aliphatic carbocycles. The fraction of sp³-hybridized carbons (Fsp3) is 0.455. The molecule has 3 nitrogen and oxygen atoms in total. The van der Waals surface area contributed by atoms with Gasteiger partial charge in [0.15, 0.2) is 0 Å². The molecule has 3 N–H and O–H groups in total. The van der Waals surface area contributed by atoms with Crippen LogP contribution in [0.1, 0.15) is 11.7 Å². The van der Waals surface area contributed by atoms with Crippen molar-refractivity contribution < 1.29 is 9.50 Å². The van der Waals surface area contributed by atoms with Crippen molar-refractivity contribution in [2.24, 2.45) is 0 Å². The van der Waals surface area contributed by atoms with Crippen molar-refractivity contribution in [3.05, 3.63) is 35.6 Å². The maximum atomic E-state index is 12.7. The summed E-state index contributed by atoms with van der Waals surface area (Å²) >= 11 is 0. The highest BCUT2D eigenvalue weighted by Crippen LogP contribution is 2.17. The maximum absolute atomic E-state index is 12.7. The molecule has 2 rings (SSSR count). The highest BCUT2D eigenvalue weighted by atomic mass is 19.1. The van der Waals surface area contributed by atoms with Crippen molar-refractivity contribution in [2.75, 3.05) is 19.6 Å². The summed E-state index contributed by atoms with van der Waals surface area (Å²) in [6.07, 6.45) is -0.585. The van der Waals surface area contributed by atoms with Gasteiger partial charge in [0.25, 0.3) is 0 Å². The van der Waals surface area contributed by atoms with E-state index < -0.39 is 6.10 Å². The number of piperazine rings is 1. The Labute approximate surface area is 88.3 Å². The first-order chi connectivity index (χ1) is 7.27. The van der Waals surface area contributed by atoms with Gasteiger partial charge in [-0.3, -0.25) is 0 Å². The van der Waals surface area contributed by atoms with Gasteiger partial charge in [-0.25, -0.2) is 4.39 Å². The van der Waals surface area contributed by atoms with Crippen molar-refractivity contribution >= 4 is 0 Å². The van der Waals surface area contributed by atoms with Crippen LogP contribution in [0.15, 0.2) is 24.3 Å². The predicted molar refractivity (Wildman–Crippen MR) is 56.0 cm³/mol. The summed E-state index contributed by atoms with van der Waals surface area (Å²) in [5.74, 6) is -0.277. The zero-order chi connectivity index (χ0) is 10.7. The standard InChI is InChI=1S/C11H15FN2O/c12-9-3-1-8(2-4-9)11(15)10-7-13-5-6-14-10/h1-4,10-11,13-15H,5-7H2/t10-,11+/m1/s1. The Morgan fingerprint density at radius 3 is 2.60 bits per heavy atom. The quantitative estimate of drug-likeness (QED) is 0.663. The predicted octanol–water partition coefficient (Wildman–Crippen LogP) is 0.420. The Bertz CT molecular complexity index is 309. The molecule has 0 spiro atoms. The maximum Gasteiger partial charge on any atom is 0.123 e. The Kier molecular flexibility index (Phi) is 3.30. The molecule has 1 saturated heterocycles. The topological polar surface area (TPSA) is 44.3 Å². The van der Waals surface area contributed by atoms with Crippen LogP contribution in [-0.4, -0.2) is 30.8 Å². The number of hydrogen-bond acceptors (Lipinski definition) is 3. The summed E-state index contributed by atoms with van der Waals surface area (Å²) in [7, 11) is 0. The number of halogens is 1. The molecule has 1 heterocycles. The molecule has 15 heavy (non-hydrogen) atoms. The van der Waals surface area contributed by atoms with Crippen molar-refractivity contribution in [3.63, 3.8) is 0 Å². The summed E-state index contributed by atoms with van der Waals surface area (Å²) < 4.78 is 12.7. The van der Waals surface area contributed by atoms with E-state index in [9.17, 15) is 9.50 Å². The Hall–Kier alpha value is -0.970. The van der Waals surface area contributed by atoms with Gasteiger partial charge in [-0.05, 0) is 17.7 Å². The molecule has 1 fully saturated rings. The van der Waals surface area contributed by atoms with Crippen LogP contribution in [0.5, 0.6) is 0 Å². The van der Waals surface area contributed by atoms with Gasteiger partial charge in [-0.1, -0.05) is 12.1 Å². The Morgan fingerprint density at radius 1 is 1.27 bits per heavy atom. The minimum absolute atomic E-state index is 0.00390. The summed E-state index contributed by atoms with van der Waals surface area (Å²) in [4.78, 5) is 0. The zero-order valence-corrected chi connectivity index (χ0v) is 8.41. The fourth-order valence-electron chi connectivity index (χ4n) is 1.79. The molecule has 2 atom stereocenters. The van der Waals surface area contributed by atoms with Crippen LogP contribution in [0.4, 0.5) is 4.39 Å². The van der Waals surface area contributed by atoms with Crippen molar-refractivity contribution in [1.29, 1.82) is 0 Å². The largest absolute Gasteiger partial charge is 0.387 e. The van der Waals surface area contributed by atoms with Crippen molar-refractivity contribution in [1.82, 2.24) is 10.6 Å². The SMILES string of the molecule is O[C@@H](c1ccc(F)cc1)[C@H]1CNCCN1. The smallest absolute Gasteiger partial charge is 0.123 e. The average Bonchev–Trinajstić information content (AvgIpc) is 2.30. The average molecular weight is 210 g/mol. The lowest BCUT2D eigenvalue weighted by molar-refractivity contribution is 0.120. The number of hydrogen-bond donors (Lipinski definition) is 3. The normalized spacial score (nSPS) is 23.7. The number of aliphatic hydroxyl groups is 1. The van der Waals surface area contributed by atoms with E-state index in [4.69, 9.17) is 0 Å². The molecule has 1 aromatic carbocycles. The molecule has 0 saturated carbocycles. The Balaban J connectivity index is 2.05. The van der Waals surface area contributed by atoms with E-state index >= 15 is 0 Å². The molecule has 0 amide bonds. The first-order valence-corrected chi connectivity index (χ1v) is 5.15. The van der Waals surface area contributed by atoms with E-state index in [2.05, 4.69) is 10.6 Å². The number of nitrogens with one attached hydrogen (secondary N) is 2. The van der Waals surface area contributed by atoms with Gasteiger partial charge in [0, 0.05) is 25.7 Å². The summed E-state index contributed by atoms with van der Waals surface area (Å²) in [5, 5.41) is 16.4. The van der Waals surface area contributed by atoms with Gasteiger partial charge < -0.3 is 15.7 Å². The highest BCUT2D eigenvalue weighted by Gasteiger charge is 2.22. The molecular weight excluding hydrogens is 195 g/mol. The third-order valence-electron chi connectivity index (χ3n) is 2.67. The Morgan fingerprint density at radius 2 is 2.00 bits per heavy atom. The van der Waals surface area contributed by atoms with E-state index in [0.29, 0.717) is 0 Å². The van der Waals surface area contributed by atoms with E-state index in [1.807, 2.05) is 0 Å². The van der Waals surface area contributed by atoms with Crippen LogP contribution in [-0.2, 0) is 0 Å². The number of benzene rings is 1. The monoisotopic (exact) mass is 210 g/mol. The fourth-order valence-corrected chi connectivity index (χ4v) is 1.79. The van der Waals surface area contributed by atoms with Crippen LogP contribution >= 0.6 is 0 Å². The highest BCUT2D eigenvalue weighted by molar-refractivity contribution is 5.20. The van der Waals surface area contributed by atoms with E-state index in [-0.39, 0.29) is 11.9 Å². The van der Waals surface area contributed by atoms with E-state index in [1.165, 1.54) is 12.1 Å². The lowest BCUT2D eigenvalue weighted by atomic mass is 10.0. The third-order valence-corrected chi connectivity index (χ3v) is 2.67. The molecule has 82 valence electrons. The first-order valence-electron chi connectivity index (χ1n) is 5.15. The van der Waals surface area contributed by atoms with Crippen LogP contribution in [0.2, 0.25) is 0 Å². The number of aliphatic hydroxyl groups excluding tert-OH is 1. The molecule has 0 bridgehead atoms. The molecule has 4 heteroatoms. The van der Waals surface area contributed by atoms with Crippen molar-refractivity contribution in [3.8, 4) is 0 Å². The van der Waals surface area contributed by atoms with Gasteiger partial charge in [0.05, 0.1) is 6.10 Å². The lowest BCUT2D eigenvalue weighted by Gasteiger charge is -2.28. The van der Waals surface area contributed by atoms with E-state index in [0.717, 1.165) is 25.2 Å². The lowest BCUT2D eigenvalue weighted by Crippen LogP contribution is -2.51. The van der Waals surface area contributed by atoms with Gasteiger partial charge >= 0.3 is 0 Å². The first kappa shape index (κ1) is 10.5. The second kappa shape index (κ2) is 4.70. The van der Waals surface area contributed by atoms with Crippen molar-refractivity contribution in [2.45, 2.75) is 12.1 Å². The second-order valence-electron chi connectivity index (χ2n) is 3.76. The number of rotatable bonds is 2.